The van der Waals surface area contributed by atoms with Crippen molar-refractivity contribution in [1.29, 1.82) is 0 Å². The van der Waals surface area contributed by atoms with Gasteiger partial charge in [0.25, 0.3) is 0 Å². The van der Waals surface area contributed by atoms with Gasteiger partial charge in [0.2, 0.25) is 0 Å². The monoisotopic (exact) mass is 306 g/mol. The molecule has 0 fully saturated rings. The van der Waals surface area contributed by atoms with Crippen LogP contribution in [0, 0.1) is 5.82 Å². The number of ether oxygens (including phenoxy) is 1. The molecule has 0 saturated carbocycles. The molecule has 2 aromatic rings. The van der Waals surface area contributed by atoms with Crippen molar-refractivity contribution in [2.45, 2.75) is 25.4 Å². The van der Waals surface area contributed by atoms with E-state index in [0.29, 0.717) is 23.6 Å². The Morgan fingerprint density at radius 1 is 1.29 bits per heavy atom. The summed E-state index contributed by atoms with van der Waals surface area (Å²) < 4.78 is 18.7. The minimum absolute atomic E-state index is 0.318. The van der Waals surface area contributed by atoms with Gasteiger partial charge in [-0.1, -0.05) is 23.7 Å². The van der Waals surface area contributed by atoms with Gasteiger partial charge in [-0.25, -0.2) is 4.39 Å². The molecule has 21 heavy (non-hydrogen) atoms. The van der Waals surface area contributed by atoms with Crippen molar-refractivity contribution in [2.75, 3.05) is 6.61 Å². The molecule has 1 aliphatic rings. The largest absolute Gasteiger partial charge is 0.493 e. The molecule has 1 N–H and O–H groups in total. The molecule has 0 saturated heterocycles. The van der Waals surface area contributed by atoms with Crippen molar-refractivity contribution in [2.24, 2.45) is 0 Å². The molecule has 0 spiro atoms. The molecule has 3 rings (SSSR count). The standard InChI is InChI=1S/C17H16ClFO2/c1-17(20,13-2-4-15(19)5-3-13)10-12-9-14(18)8-11-6-7-21-16(11)12/h2-5,8-9,20H,6-7,10H2,1H3. The fraction of sp³-hybridized carbons (Fsp3) is 0.294. The summed E-state index contributed by atoms with van der Waals surface area (Å²) in [5, 5.41) is 11.4. The lowest BCUT2D eigenvalue weighted by Gasteiger charge is -2.25. The Balaban J connectivity index is 1.94. The number of aliphatic hydroxyl groups is 1. The van der Waals surface area contributed by atoms with E-state index in [1.54, 1.807) is 19.1 Å². The number of benzene rings is 2. The van der Waals surface area contributed by atoms with Gasteiger partial charge in [-0.3, -0.25) is 0 Å². The van der Waals surface area contributed by atoms with Gasteiger partial charge < -0.3 is 9.84 Å². The molecular weight excluding hydrogens is 291 g/mol. The summed E-state index contributed by atoms with van der Waals surface area (Å²) in [6.07, 6.45) is 1.20. The van der Waals surface area contributed by atoms with Crippen LogP contribution < -0.4 is 4.74 Å². The van der Waals surface area contributed by atoms with E-state index in [9.17, 15) is 9.50 Å². The number of halogens is 2. The first-order chi connectivity index (χ1) is 9.95. The Labute approximate surface area is 128 Å². The molecule has 0 aromatic heterocycles. The third kappa shape index (κ3) is 2.89. The molecule has 0 bridgehead atoms. The van der Waals surface area contributed by atoms with Gasteiger partial charge in [0.05, 0.1) is 12.2 Å². The summed E-state index contributed by atoms with van der Waals surface area (Å²) in [6, 6.07) is 9.62. The molecule has 0 radical (unpaired) electrons. The normalized spacial score (nSPS) is 16.2. The summed E-state index contributed by atoms with van der Waals surface area (Å²) in [6.45, 7) is 2.35. The third-order valence-electron chi connectivity index (χ3n) is 3.83. The van der Waals surface area contributed by atoms with Gasteiger partial charge in [0.1, 0.15) is 11.6 Å². The zero-order valence-corrected chi connectivity index (χ0v) is 12.5. The van der Waals surface area contributed by atoms with Crippen molar-refractivity contribution < 1.29 is 14.2 Å². The zero-order chi connectivity index (χ0) is 15.0. The molecule has 1 unspecified atom stereocenters. The second-order valence-electron chi connectivity index (χ2n) is 5.61. The van der Waals surface area contributed by atoms with E-state index in [2.05, 4.69) is 0 Å². The van der Waals surface area contributed by atoms with Gasteiger partial charge >= 0.3 is 0 Å². The van der Waals surface area contributed by atoms with E-state index in [1.807, 2.05) is 12.1 Å². The molecule has 1 atom stereocenters. The molecular formula is C17H16ClFO2. The summed E-state index contributed by atoms with van der Waals surface area (Å²) in [4.78, 5) is 0. The van der Waals surface area contributed by atoms with E-state index in [0.717, 1.165) is 23.3 Å². The second kappa shape index (κ2) is 5.32. The third-order valence-corrected chi connectivity index (χ3v) is 4.04. The lowest BCUT2D eigenvalue weighted by atomic mass is 9.88. The molecule has 1 aliphatic heterocycles. The molecule has 2 nitrogen and oxygen atoms in total. The summed E-state index contributed by atoms with van der Waals surface area (Å²) in [5.41, 5.74) is 1.50. The topological polar surface area (TPSA) is 29.5 Å². The minimum Gasteiger partial charge on any atom is -0.493 e. The Morgan fingerprint density at radius 3 is 2.71 bits per heavy atom. The van der Waals surface area contributed by atoms with Crippen LogP contribution in [0.5, 0.6) is 5.75 Å². The fourth-order valence-electron chi connectivity index (χ4n) is 2.76. The first-order valence-corrected chi connectivity index (χ1v) is 7.26. The van der Waals surface area contributed by atoms with Gasteiger partial charge in [-0.05, 0) is 47.9 Å². The first kappa shape index (κ1) is 14.4. The van der Waals surface area contributed by atoms with Gasteiger partial charge in [0.15, 0.2) is 0 Å². The lowest BCUT2D eigenvalue weighted by molar-refractivity contribution is 0.0569. The Bertz CT molecular complexity index is 665. The van der Waals surface area contributed by atoms with Gasteiger partial charge in [-0.15, -0.1) is 0 Å². The van der Waals surface area contributed by atoms with Crippen molar-refractivity contribution in [1.82, 2.24) is 0 Å². The van der Waals surface area contributed by atoms with E-state index in [-0.39, 0.29) is 5.82 Å². The molecule has 4 heteroatoms. The van der Waals surface area contributed by atoms with Crippen LogP contribution in [0.15, 0.2) is 36.4 Å². The Kier molecular flexibility index (Phi) is 3.64. The second-order valence-corrected chi connectivity index (χ2v) is 6.05. The number of fused-ring (bicyclic) bond motifs is 1. The quantitative estimate of drug-likeness (QED) is 0.933. The SMILES string of the molecule is CC(O)(Cc1cc(Cl)cc2c1OCC2)c1ccc(F)cc1. The van der Waals surface area contributed by atoms with Crippen molar-refractivity contribution in [3.63, 3.8) is 0 Å². The Morgan fingerprint density at radius 2 is 2.00 bits per heavy atom. The van der Waals surface area contributed by atoms with Crippen molar-refractivity contribution in [3.05, 3.63) is 63.9 Å². The maximum atomic E-state index is 13.0. The van der Waals surface area contributed by atoms with Crippen LogP contribution in [0.25, 0.3) is 0 Å². The van der Waals surface area contributed by atoms with E-state index < -0.39 is 5.60 Å². The number of rotatable bonds is 3. The van der Waals surface area contributed by atoms with Crippen molar-refractivity contribution >= 4 is 11.6 Å². The van der Waals surface area contributed by atoms with Crippen LogP contribution in [0.2, 0.25) is 5.02 Å². The number of hydrogen-bond acceptors (Lipinski definition) is 2. The van der Waals surface area contributed by atoms with Crippen LogP contribution in [0.3, 0.4) is 0 Å². The van der Waals surface area contributed by atoms with E-state index >= 15 is 0 Å². The van der Waals surface area contributed by atoms with Gasteiger partial charge in [0, 0.05) is 17.9 Å². The van der Waals surface area contributed by atoms with Crippen LogP contribution in [-0.4, -0.2) is 11.7 Å². The van der Waals surface area contributed by atoms with Crippen LogP contribution in [0.1, 0.15) is 23.6 Å². The van der Waals surface area contributed by atoms with Gasteiger partial charge in [-0.2, -0.15) is 0 Å². The average Bonchev–Trinajstić information content (AvgIpc) is 2.87. The maximum absolute atomic E-state index is 13.0. The molecule has 0 aliphatic carbocycles. The van der Waals surface area contributed by atoms with E-state index in [1.165, 1.54) is 12.1 Å². The summed E-state index contributed by atoms with van der Waals surface area (Å²) >= 11 is 6.14. The molecule has 110 valence electrons. The minimum atomic E-state index is -1.11. The van der Waals surface area contributed by atoms with E-state index in [4.69, 9.17) is 16.3 Å². The van der Waals surface area contributed by atoms with Crippen LogP contribution in [-0.2, 0) is 18.4 Å². The lowest BCUT2D eigenvalue weighted by Crippen LogP contribution is -2.24. The number of hydrogen-bond donors (Lipinski definition) is 1. The predicted octanol–water partition coefficient (Wildman–Crippen LogP) is 3.86. The highest BCUT2D eigenvalue weighted by molar-refractivity contribution is 6.30. The highest BCUT2D eigenvalue weighted by Gasteiger charge is 2.27. The first-order valence-electron chi connectivity index (χ1n) is 6.88. The maximum Gasteiger partial charge on any atom is 0.126 e. The highest BCUT2D eigenvalue weighted by Crippen LogP contribution is 2.37. The van der Waals surface area contributed by atoms with Crippen LogP contribution in [0.4, 0.5) is 4.39 Å². The smallest absolute Gasteiger partial charge is 0.126 e. The molecule has 2 aromatic carbocycles. The highest BCUT2D eigenvalue weighted by atomic mass is 35.5. The predicted molar refractivity (Wildman–Crippen MR) is 80.3 cm³/mol. The Hall–Kier alpha value is -1.58. The molecule has 1 heterocycles. The summed E-state index contributed by atoms with van der Waals surface area (Å²) in [5.74, 6) is 0.503. The van der Waals surface area contributed by atoms with Crippen LogP contribution >= 0.6 is 11.6 Å². The zero-order valence-electron chi connectivity index (χ0n) is 11.7. The van der Waals surface area contributed by atoms with Crippen molar-refractivity contribution in [3.8, 4) is 5.75 Å². The average molecular weight is 307 g/mol. The molecule has 0 amide bonds. The summed E-state index contributed by atoms with van der Waals surface area (Å²) in [7, 11) is 0. The fourth-order valence-corrected chi connectivity index (χ4v) is 3.02.